The van der Waals surface area contributed by atoms with Crippen LogP contribution < -0.4 is 5.32 Å². The molecule has 0 radical (unpaired) electrons. The summed E-state index contributed by atoms with van der Waals surface area (Å²) in [6.45, 7) is 0.734. The van der Waals surface area contributed by atoms with Gasteiger partial charge in [-0.15, -0.1) is 0 Å². The van der Waals surface area contributed by atoms with E-state index in [0.29, 0.717) is 17.3 Å². The van der Waals surface area contributed by atoms with Crippen LogP contribution in [0.15, 0.2) is 30.5 Å². The first-order valence-corrected chi connectivity index (χ1v) is 8.72. The molecule has 2 rings (SSSR count). The zero-order valence-corrected chi connectivity index (χ0v) is 14.9. The first-order valence-electron chi connectivity index (χ1n) is 7.73. The molecule has 1 unspecified atom stereocenters. The quantitative estimate of drug-likeness (QED) is 0.734. The van der Waals surface area contributed by atoms with E-state index < -0.39 is 40.9 Å². The number of fused-ring (bicyclic) bond motifs is 1. The fourth-order valence-electron chi connectivity index (χ4n) is 2.32. The molecule has 1 heterocycles. The SMILES string of the molecule is CC(=O)SCC(C(=O)N[C@@H](Cn1ncc2ccccc21)C(=O)O)C(F)(F)F. The van der Waals surface area contributed by atoms with Gasteiger partial charge in [0.05, 0.1) is 18.3 Å². The van der Waals surface area contributed by atoms with Crippen LogP contribution in [-0.2, 0) is 20.9 Å². The fraction of sp³-hybridized carbons (Fsp3) is 0.375. The summed E-state index contributed by atoms with van der Waals surface area (Å²) in [6.07, 6.45) is -3.42. The van der Waals surface area contributed by atoms with Gasteiger partial charge in [-0.2, -0.15) is 18.3 Å². The van der Waals surface area contributed by atoms with E-state index in [1.807, 2.05) is 5.32 Å². The largest absolute Gasteiger partial charge is 0.480 e. The molecule has 0 fully saturated rings. The lowest BCUT2D eigenvalue weighted by atomic mass is 10.1. The summed E-state index contributed by atoms with van der Waals surface area (Å²) in [6, 6.07) is 5.25. The summed E-state index contributed by atoms with van der Waals surface area (Å²) in [5, 5.41) is 15.4. The van der Waals surface area contributed by atoms with Gasteiger partial charge in [0.15, 0.2) is 5.12 Å². The summed E-state index contributed by atoms with van der Waals surface area (Å²) < 4.78 is 40.6. The Kier molecular flexibility index (Phi) is 6.47. The third-order valence-corrected chi connectivity index (χ3v) is 4.59. The smallest absolute Gasteiger partial charge is 0.401 e. The van der Waals surface area contributed by atoms with Crippen molar-refractivity contribution in [1.82, 2.24) is 15.1 Å². The Morgan fingerprint density at radius 1 is 1.30 bits per heavy atom. The number of aliphatic carboxylic acids is 1. The van der Waals surface area contributed by atoms with E-state index in [1.54, 1.807) is 24.3 Å². The van der Waals surface area contributed by atoms with Gasteiger partial charge in [-0.25, -0.2) is 4.79 Å². The lowest BCUT2D eigenvalue weighted by Gasteiger charge is -2.22. The molecule has 1 aromatic carbocycles. The third-order valence-electron chi connectivity index (χ3n) is 3.69. The fourth-order valence-corrected chi connectivity index (χ4v) is 3.06. The van der Waals surface area contributed by atoms with Crippen LogP contribution in [0.1, 0.15) is 6.92 Å². The molecule has 0 saturated carbocycles. The van der Waals surface area contributed by atoms with Gasteiger partial charge in [0, 0.05) is 18.1 Å². The second kappa shape index (κ2) is 8.42. The number of rotatable bonds is 7. The van der Waals surface area contributed by atoms with E-state index in [-0.39, 0.29) is 6.54 Å². The first-order chi connectivity index (χ1) is 12.6. The van der Waals surface area contributed by atoms with Crippen molar-refractivity contribution in [2.75, 3.05) is 5.75 Å². The molecule has 2 atom stereocenters. The average molecular weight is 403 g/mol. The second-order valence-electron chi connectivity index (χ2n) is 5.68. The zero-order valence-electron chi connectivity index (χ0n) is 14.1. The van der Waals surface area contributed by atoms with Crippen molar-refractivity contribution < 1.29 is 32.7 Å². The maximum atomic E-state index is 13.1. The summed E-state index contributed by atoms with van der Waals surface area (Å²) in [5.41, 5.74) is 0.581. The number of halogens is 3. The van der Waals surface area contributed by atoms with Gasteiger partial charge in [-0.05, 0) is 6.07 Å². The number of carboxylic acids is 1. The van der Waals surface area contributed by atoms with E-state index >= 15 is 0 Å². The molecule has 146 valence electrons. The van der Waals surface area contributed by atoms with Gasteiger partial charge in [0.1, 0.15) is 12.0 Å². The first kappa shape index (κ1) is 20.7. The molecule has 0 spiro atoms. The minimum atomic E-state index is -4.91. The van der Waals surface area contributed by atoms with Crippen molar-refractivity contribution in [3.8, 4) is 0 Å². The minimum Gasteiger partial charge on any atom is -0.480 e. The predicted octanol–water partition coefficient (Wildman–Crippen LogP) is 2.06. The zero-order chi connectivity index (χ0) is 20.2. The van der Waals surface area contributed by atoms with Gasteiger partial charge >= 0.3 is 12.1 Å². The Labute approximate surface area is 155 Å². The predicted molar refractivity (Wildman–Crippen MR) is 92.0 cm³/mol. The monoisotopic (exact) mass is 403 g/mol. The number of hydrogen-bond donors (Lipinski definition) is 2. The molecule has 0 aliphatic carbocycles. The van der Waals surface area contributed by atoms with Gasteiger partial charge in [-0.1, -0.05) is 30.0 Å². The molecule has 1 amide bonds. The van der Waals surface area contributed by atoms with Crippen LogP contribution >= 0.6 is 11.8 Å². The second-order valence-corrected chi connectivity index (χ2v) is 6.88. The van der Waals surface area contributed by atoms with Crippen LogP contribution in [-0.4, -0.2) is 49.8 Å². The molecule has 27 heavy (non-hydrogen) atoms. The number of carbonyl (C=O) groups is 3. The number of para-hydroxylation sites is 1. The Morgan fingerprint density at radius 2 is 1.96 bits per heavy atom. The Hall–Kier alpha value is -2.56. The van der Waals surface area contributed by atoms with Crippen molar-refractivity contribution in [2.24, 2.45) is 5.92 Å². The summed E-state index contributed by atoms with van der Waals surface area (Å²) >= 11 is 0.353. The minimum absolute atomic E-state index is 0.348. The summed E-state index contributed by atoms with van der Waals surface area (Å²) in [4.78, 5) is 34.4. The molecule has 0 aliphatic heterocycles. The van der Waals surface area contributed by atoms with Crippen molar-refractivity contribution in [2.45, 2.75) is 25.7 Å². The molecule has 0 aliphatic rings. The van der Waals surface area contributed by atoms with E-state index in [4.69, 9.17) is 0 Å². The highest BCUT2D eigenvalue weighted by atomic mass is 32.2. The standard InChI is InChI=1S/C16H16F3N3O4S/c1-9(23)27-8-11(16(17,18)19)14(24)21-12(15(25)26)7-22-13-5-3-2-4-10(13)6-20-22/h2-6,11-12H,7-8H2,1H3,(H,21,24)(H,25,26)/t11?,12-/m0/s1. The molecule has 0 saturated heterocycles. The van der Waals surface area contributed by atoms with Crippen LogP contribution in [0.25, 0.3) is 10.9 Å². The Morgan fingerprint density at radius 3 is 2.56 bits per heavy atom. The van der Waals surface area contributed by atoms with Crippen molar-refractivity contribution in [3.05, 3.63) is 30.5 Å². The van der Waals surface area contributed by atoms with Gasteiger partial charge in [0.25, 0.3) is 0 Å². The lowest BCUT2D eigenvalue weighted by molar-refractivity contribution is -0.179. The number of carbonyl (C=O) groups excluding carboxylic acids is 2. The molecule has 1 aromatic heterocycles. The number of alkyl halides is 3. The number of benzene rings is 1. The number of thioether (sulfide) groups is 1. The van der Waals surface area contributed by atoms with Crippen LogP contribution in [0, 0.1) is 5.92 Å². The lowest BCUT2D eigenvalue weighted by Crippen LogP contribution is -2.49. The number of hydrogen-bond acceptors (Lipinski definition) is 5. The number of aromatic nitrogens is 2. The van der Waals surface area contributed by atoms with Crippen LogP contribution in [0.4, 0.5) is 13.2 Å². The van der Waals surface area contributed by atoms with Gasteiger partial charge in [0.2, 0.25) is 5.91 Å². The number of nitrogens with one attached hydrogen (secondary N) is 1. The van der Waals surface area contributed by atoms with Crippen molar-refractivity contribution >= 4 is 39.7 Å². The molecule has 0 bridgehead atoms. The topological polar surface area (TPSA) is 101 Å². The Bertz CT molecular complexity index is 853. The van der Waals surface area contributed by atoms with E-state index in [9.17, 15) is 32.7 Å². The van der Waals surface area contributed by atoms with Crippen LogP contribution in [0.5, 0.6) is 0 Å². The van der Waals surface area contributed by atoms with Crippen molar-refractivity contribution in [1.29, 1.82) is 0 Å². The maximum Gasteiger partial charge on any atom is 0.401 e. The maximum absolute atomic E-state index is 13.1. The van der Waals surface area contributed by atoms with Crippen LogP contribution in [0.3, 0.4) is 0 Å². The Balaban J connectivity index is 2.17. The van der Waals surface area contributed by atoms with Crippen LogP contribution in [0.2, 0.25) is 0 Å². The van der Waals surface area contributed by atoms with Crippen molar-refractivity contribution in [3.63, 3.8) is 0 Å². The average Bonchev–Trinajstić information content (AvgIpc) is 2.96. The highest BCUT2D eigenvalue weighted by molar-refractivity contribution is 8.13. The summed E-state index contributed by atoms with van der Waals surface area (Å²) in [7, 11) is 0. The number of carboxylic acid groups (broad SMARTS) is 1. The summed E-state index contributed by atoms with van der Waals surface area (Å²) in [5.74, 6) is -6.31. The molecule has 7 nitrogen and oxygen atoms in total. The molecule has 2 aromatic rings. The third kappa shape index (κ3) is 5.46. The van der Waals surface area contributed by atoms with Gasteiger partial charge in [-0.3, -0.25) is 14.3 Å². The normalized spacial score (nSPS) is 13.9. The molecular formula is C16H16F3N3O4S. The number of nitrogens with zero attached hydrogens (tertiary/aromatic N) is 2. The van der Waals surface area contributed by atoms with E-state index in [0.717, 1.165) is 12.3 Å². The molecular weight excluding hydrogens is 387 g/mol. The number of amides is 1. The highest BCUT2D eigenvalue weighted by Gasteiger charge is 2.45. The molecule has 11 heteroatoms. The molecule has 2 N–H and O–H groups in total. The van der Waals surface area contributed by atoms with E-state index in [2.05, 4.69) is 5.10 Å². The van der Waals surface area contributed by atoms with E-state index in [1.165, 1.54) is 10.9 Å². The van der Waals surface area contributed by atoms with Gasteiger partial charge < -0.3 is 10.4 Å². The highest BCUT2D eigenvalue weighted by Crippen LogP contribution is 2.29.